The fourth-order valence-corrected chi connectivity index (χ4v) is 8.85. The first-order valence-electron chi connectivity index (χ1n) is 21.5. The standard InChI is InChI=1S/C12H10.C11H9NO.C10H16.C10H8.C6H12.C6H6/c1-3-7-11(8-4-1)12-9-5-2-6-10-12;1-2-4-10(5-3-1)13-11-6-8-12-9-7-11;1-7-2-9-4-8(1)5-10(3-7)6-9;1-2-6-10-8-4-3-7-9(10)5-1;2*1-2-4-6-5-3-1/h1-10H;1-9H;7-10H,1-6H2;1-8H;1-6H2;1-6H. The van der Waals surface area contributed by atoms with Gasteiger partial charge in [-0.2, -0.15) is 0 Å². The molecule has 12 rings (SSSR count). The number of hydrogen-bond donors (Lipinski definition) is 0. The van der Waals surface area contributed by atoms with Crippen LogP contribution in [0.3, 0.4) is 0 Å². The van der Waals surface area contributed by atoms with Crippen LogP contribution in [0.2, 0.25) is 0 Å². The van der Waals surface area contributed by atoms with Crippen LogP contribution >= 0.6 is 0 Å². The molecule has 0 amide bonds. The monoisotopic (exact) mass is 751 g/mol. The van der Waals surface area contributed by atoms with Crippen molar-refractivity contribution in [1.29, 1.82) is 0 Å². The van der Waals surface area contributed by atoms with Crippen LogP contribution in [0.15, 0.2) is 200 Å². The van der Waals surface area contributed by atoms with Crippen molar-refractivity contribution in [2.24, 2.45) is 23.7 Å². The van der Waals surface area contributed by atoms with E-state index in [-0.39, 0.29) is 0 Å². The molecule has 4 bridgehead atoms. The number of benzene rings is 6. The average Bonchev–Trinajstić information content (AvgIpc) is 3.30. The van der Waals surface area contributed by atoms with Gasteiger partial charge in [-0.1, -0.05) is 202 Å². The van der Waals surface area contributed by atoms with Crippen LogP contribution in [0.1, 0.15) is 77.0 Å². The maximum atomic E-state index is 5.54. The predicted molar refractivity (Wildman–Crippen MR) is 242 cm³/mol. The summed E-state index contributed by atoms with van der Waals surface area (Å²) in [4.78, 5) is 3.91. The summed E-state index contributed by atoms with van der Waals surface area (Å²) in [6.45, 7) is 0. The van der Waals surface area contributed by atoms with Gasteiger partial charge in [0.25, 0.3) is 0 Å². The smallest absolute Gasteiger partial charge is 0.130 e. The molecule has 2 nitrogen and oxygen atoms in total. The number of para-hydroxylation sites is 1. The molecule has 57 heavy (non-hydrogen) atoms. The molecule has 7 aromatic rings. The Hall–Kier alpha value is -5.47. The topological polar surface area (TPSA) is 22.1 Å². The second-order valence-electron chi connectivity index (χ2n) is 15.8. The third kappa shape index (κ3) is 15.2. The van der Waals surface area contributed by atoms with Crippen LogP contribution in [-0.2, 0) is 0 Å². The van der Waals surface area contributed by atoms with Crippen molar-refractivity contribution in [1.82, 2.24) is 4.98 Å². The van der Waals surface area contributed by atoms with Crippen molar-refractivity contribution in [2.45, 2.75) is 77.0 Å². The molecule has 6 aromatic carbocycles. The molecule has 0 atom stereocenters. The van der Waals surface area contributed by atoms with E-state index in [1.54, 1.807) is 50.9 Å². The Balaban J connectivity index is 0.000000118. The van der Waals surface area contributed by atoms with Gasteiger partial charge in [0.15, 0.2) is 0 Å². The summed E-state index contributed by atoms with van der Waals surface area (Å²) in [6, 6.07) is 62.8. The molecule has 5 aliphatic carbocycles. The number of nitrogens with zero attached hydrogens (tertiary/aromatic N) is 1. The maximum absolute atomic E-state index is 5.54. The van der Waals surface area contributed by atoms with Crippen molar-refractivity contribution in [3.05, 3.63) is 200 Å². The second kappa shape index (κ2) is 24.2. The Bertz CT molecular complexity index is 1790. The van der Waals surface area contributed by atoms with Gasteiger partial charge in [0, 0.05) is 12.4 Å². The Kier molecular flexibility index (Phi) is 17.5. The van der Waals surface area contributed by atoms with E-state index in [0.717, 1.165) is 11.5 Å². The van der Waals surface area contributed by atoms with E-state index in [9.17, 15) is 0 Å². The van der Waals surface area contributed by atoms with Crippen molar-refractivity contribution in [3.63, 3.8) is 0 Å². The highest BCUT2D eigenvalue weighted by atomic mass is 16.5. The van der Waals surface area contributed by atoms with E-state index in [1.807, 2.05) is 91.0 Å². The predicted octanol–water partition coefficient (Wildman–Crippen LogP) is 15.9. The van der Waals surface area contributed by atoms with Crippen molar-refractivity contribution in [3.8, 4) is 22.6 Å². The lowest BCUT2D eigenvalue weighted by Gasteiger charge is -2.49. The van der Waals surface area contributed by atoms with Gasteiger partial charge in [0.1, 0.15) is 11.5 Å². The van der Waals surface area contributed by atoms with E-state index in [1.165, 1.54) is 84.1 Å². The Morgan fingerprint density at radius 3 is 0.895 bits per heavy atom. The zero-order valence-electron chi connectivity index (χ0n) is 33.7. The second-order valence-corrected chi connectivity index (χ2v) is 15.8. The molecular formula is C55H61NO. The normalized spacial score (nSPS) is 19.4. The van der Waals surface area contributed by atoms with E-state index in [2.05, 4.69) is 102 Å². The minimum absolute atomic E-state index is 0.807. The third-order valence-corrected chi connectivity index (χ3v) is 11.3. The average molecular weight is 752 g/mol. The number of pyridine rings is 1. The molecule has 0 radical (unpaired) electrons. The van der Waals surface area contributed by atoms with E-state index in [0.29, 0.717) is 0 Å². The number of ether oxygens (including phenoxy) is 1. The number of fused-ring (bicyclic) bond motifs is 1. The summed E-state index contributed by atoms with van der Waals surface area (Å²) in [7, 11) is 0. The lowest BCUT2D eigenvalue weighted by Crippen LogP contribution is -2.38. The highest BCUT2D eigenvalue weighted by Crippen LogP contribution is 2.53. The zero-order chi connectivity index (χ0) is 39.0. The minimum atomic E-state index is 0.807. The molecule has 0 N–H and O–H groups in total. The van der Waals surface area contributed by atoms with Gasteiger partial charge < -0.3 is 4.74 Å². The summed E-state index contributed by atoms with van der Waals surface area (Å²) >= 11 is 0. The maximum Gasteiger partial charge on any atom is 0.130 e. The molecule has 0 unspecified atom stereocenters. The molecule has 1 heterocycles. The molecule has 0 saturated heterocycles. The quantitative estimate of drug-likeness (QED) is 0.179. The molecule has 1 aromatic heterocycles. The molecule has 2 heteroatoms. The highest BCUT2D eigenvalue weighted by molar-refractivity contribution is 5.82. The van der Waals surface area contributed by atoms with Crippen molar-refractivity contribution in [2.75, 3.05) is 0 Å². The summed E-state index contributed by atoms with van der Waals surface area (Å²) in [5, 5.41) is 2.62. The third-order valence-electron chi connectivity index (χ3n) is 11.3. The molecule has 5 saturated carbocycles. The minimum Gasteiger partial charge on any atom is -0.457 e. The van der Waals surface area contributed by atoms with Crippen LogP contribution in [0.25, 0.3) is 21.9 Å². The number of rotatable bonds is 3. The lowest BCUT2D eigenvalue weighted by atomic mass is 9.56. The van der Waals surface area contributed by atoms with Gasteiger partial charge >= 0.3 is 0 Å². The van der Waals surface area contributed by atoms with E-state index < -0.39 is 0 Å². The summed E-state index contributed by atoms with van der Waals surface area (Å²) in [5.41, 5.74) is 2.55. The molecule has 292 valence electrons. The van der Waals surface area contributed by atoms with E-state index >= 15 is 0 Å². The fraction of sp³-hybridized carbons (Fsp3) is 0.291. The Morgan fingerprint density at radius 2 is 0.561 bits per heavy atom. The first-order chi connectivity index (χ1) is 28.3. The SMILES string of the molecule is C1C2CC3CC1CC(C2)C3.C1CCCCC1.c1ccc(-c2ccccc2)cc1.c1ccc(Oc2ccncc2)cc1.c1ccc2ccccc2c1.c1ccccc1. The Morgan fingerprint density at radius 1 is 0.298 bits per heavy atom. The highest BCUT2D eigenvalue weighted by Gasteiger charge is 2.41. The molecular weight excluding hydrogens is 691 g/mol. The van der Waals surface area contributed by atoms with Crippen LogP contribution in [-0.4, -0.2) is 4.98 Å². The Labute approximate surface area is 343 Å². The molecule has 5 aliphatic rings. The van der Waals surface area contributed by atoms with Crippen LogP contribution in [0, 0.1) is 23.7 Å². The van der Waals surface area contributed by atoms with Gasteiger partial charge in [-0.25, -0.2) is 0 Å². The summed E-state index contributed by atoms with van der Waals surface area (Å²) < 4.78 is 5.54. The van der Waals surface area contributed by atoms with Crippen LogP contribution in [0.4, 0.5) is 0 Å². The zero-order valence-corrected chi connectivity index (χ0v) is 33.7. The largest absolute Gasteiger partial charge is 0.457 e. The van der Waals surface area contributed by atoms with Gasteiger partial charge in [0.2, 0.25) is 0 Å². The molecule has 5 fully saturated rings. The fourth-order valence-electron chi connectivity index (χ4n) is 8.85. The molecule has 0 spiro atoms. The lowest BCUT2D eigenvalue weighted by molar-refractivity contribution is 0.0198. The van der Waals surface area contributed by atoms with Gasteiger partial charge in [-0.3, -0.25) is 4.98 Å². The van der Waals surface area contributed by atoms with Crippen LogP contribution in [0.5, 0.6) is 11.5 Å². The van der Waals surface area contributed by atoms with Crippen molar-refractivity contribution >= 4 is 10.8 Å². The van der Waals surface area contributed by atoms with Gasteiger partial charge in [-0.05, 0) is 108 Å². The number of hydrogen-bond acceptors (Lipinski definition) is 2. The summed E-state index contributed by atoms with van der Waals surface area (Å²) in [5.74, 6) is 6.36. The van der Waals surface area contributed by atoms with Gasteiger partial charge in [-0.15, -0.1) is 0 Å². The summed E-state index contributed by atoms with van der Waals surface area (Å²) in [6.07, 6.45) is 22.0. The molecule has 0 aliphatic heterocycles. The van der Waals surface area contributed by atoms with Gasteiger partial charge in [0.05, 0.1) is 0 Å². The van der Waals surface area contributed by atoms with E-state index in [4.69, 9.17) is 4.74 Å². The first-order valence-corrected chi connectivity index (χ1v) is 21.5. The van der Waals surface area contributed by atoms with Crippen molar-refractivity contribution < 1.29 is 4.74 Å². The number of aromatic nitrogens is 1. The van der Waals surface area contributed by atoms with Crippen LogP contribution < -0.4 is 4.74 Å². The first kappa shape index (κ1) is 41.2.